The quantitative estimate of drug-likeness (QED) is 0.577. The van der Waals surface area contributed by atoms with Crippen LogP contribution in [0.1, 0.15) is 6.42 Å². The van der Waals surface area contributed by atoms with Crippen molar-refractivity contribution < 1.29 is 9.94 Å². The van der Waals surface area contributed by atoms with Crippen LogP contribution in [0.3, 0.4) is 0 Å². The van der Waals surface area contributed by atoms with E-state index in [4.69, 9.17) is 5.11 Å². The highest BCUT2D eigenvalue weighted by Crippen LogP contribution is 2.02. The van der Waals surface area contributed by atoms with Crippen LogP contribution in [0.2, 0.25) is 0 Å². The first-order valence-electron chi connectivity index (χ1n) is 3.30. The molecule has 0 aromatic carbocycles. The lowest BCUT2D eigenvalue weighted by atomic mass is 10.2. The summed E-state index contributed by atoms with van der Waals surface area (Å²) in [7, 11) is 1.53. The van der Waals surface area contributed by atoms with Gasteiger partial charge in [0.2, 0.25) is 0 Å². The van der Waals surface area contributed by atoms with Gasteiger partial charge in [0.05, 0.1) is 12.3 Å². The SMILES string of the molecule is CON=C1CNC(CO)C1.Cl. The van der Waals surface area contributed by atoms with Crippen LogP contribution < -0.4 is 5.32 Å². The van der Waals surface area contributed by atoms with Crippen LogP contribution in [-0.2, 0) is 4.84 Å². The first-order valence-corrected chi connectivity index (χ1v) is 3.30. The van der Waals surface area contributed by atoms with E-state index in [1.165, 1.54) is 7.11 Å². The predicted octanol–water partition coefficient (Wildman–Crippen LogP) is -0.235. The summed E-state index contributed by atoms with van der Waals surface area (Å²) in [5.74, 6) is 0. The maximum atomic E-state index is 8.69. The fourth-order valence-electron chi connectivity index (χ4n) is 1.02. The van der Waals surface area contributed by atoms with Gasteiger partial charge in [-0.2, -0.15) is 0 Å². The summed E-state index contributed by atoms with van der Waals surface area (Å²) in [5, 5.41) is 15.5. The first-order chi connectivity index (χ1) is 4.86. The fraction of sp³-hybridized carbons (Fsp3) is 0.833. The zero-order valence-electron chi connectivity index (χ0n) is 6.41. The molecule has 11 heavy (non-hydrogen) atoms. The molecule has 2 N–H and O–H groups in total. The lowest BCUT2D eigenvalue weighted by molar-refractivity contribution is 0.212. The number of aliphatic hydroxyl groups is 1. The summed E-state index contributed by atoms with van der Waals surface area (Å²) in [5.41, 5.74) is 0.974. The highest BCUT2D eigenvalue weighted by Gasteiger charge is 2.18. The minimum atomic E-state index is 0. The zero-order valence-corrected chi connectivity index (χ0v) is 7.23. The van der Waals surface area contributed by atoms with Gasteiger partial charge in [-0.05, 0) is 0 Å². The van der Waals surface area contributed by atoms with Gasteiger partial charge in [-0.3, -0.25) is 0 Å². The number of nitrogens with zero attached hydrogens (tertiary/aromatic N) is 1. The van der Waals surface area contributed by atoms with Gasteiger partial charge in [0.25, 0.3) is 0 Å². The van der Waals surface area contributed by atoms with Crippen molar-refractivity contribution in [3.05, 3.63) is 0 Å². The second-order valence-electron chi connectivity index (χ2n) is 2.30. The molecule has 5 heteroatoms. The van der Waals surface area contributed by atoms with E-state index < -0.39 is 0 Å². The molecule has 1 saturated heterocycles. The monoisotopic (exact) mass is 180 g/mol. The van der Waals surface area contributed by atoms with Gasteiger partial charge in [0, 0.05) is 19.0 Å². The standard InChI is InChI=1S/C6H12N2O2.ClH/c1-10-8-5-2-6(4-9)7-3-5;/h6-7,9H,2-4H2,1H3;1H. The number of oxime groups is 1. The Balaban J connectivity index is 0.000001000. The van der Waals surface area contributed by atoms with Crippen molar-refractivity contribution in [2.75, 3.05) is 20.3 Å². The number of aliphatic hydroxyl groups excluding tert-OH is 1. The van der Waals surface area contributed by atoms with Crippen molar-refractivity contribution in [3.8, 4) is 0 Å². The summed E-state index contributed by atoms with van der Waals surface area (Å²) in [6.45, 7) is 0.905. The molecule has 0 spiro atoms. The Morgan fingerprint density at radius 2 is 2.55 bits per heavy atom. The summed E-state index contributed by atoms with van der Waals surface area (Å²) >= 11 is 0. The second kappa shape index (κ2) is 5.35. The molecule has 0 saturated carbocycles. The van der Waals surface area contributed by atoms with Crippen molar-refractivity contribution >= 4 is 18.1 Å². The minimum Gasteiger partial charge on any atom is -0.399 e. The molecule has 1 heterocycles. The van der Waals surface area contributed by atoms with Crippen LogP contribution in [0.5, 0.6) is 0 Å². The third kappa shape index (κ3) is 3.05. The zero-order chi connectivity index (χ0) is 7.40. The molecule has 0 radical (unpaired) electrons. The van der Waals surface area contributed by atoms with Gasteiger partial charge in [0.15, 0.2) is 0 Å². The van der Waals surface area contributed by atoms with Gasteiger partial charge in [-0.15, -0.1) is 12.4 Å². The average molecular weight is 181 g/mol. The van der Waals surface area contributed by atoms with E-state index in [9.17, 15) is 0 Å². The molecule has 1 fully saturated rings. The number of halogens is 1. The highest BCUT2D eigenvalue weighted by molar-refractivity contribution is 5.88. The largest absolute Gasteiger partial charge is 0.399 e. The first kappa shape index (κ1) is 10.7. The molecule has 0 bridgehead atoms. The molecule has 66 valence electrons. The van der Waals surface area contributed by atoms with Gasteiger partial charge >= 0.3 is 0 Å². The molecule has 0 aromatic heterocycles. The Kier molecular flexibility index (Phi) is 5.19. The molecule has 1 aliphatic heterocycles. The van der Waals surface area contributed by atoms with E-state index in [1.807, 2.05) is 0 Å². The van der Waals surface area contributed by atoms with Gasteiger partial charge in [0.1, 0.15) is 7.11 Å². The number of rotatable bonds is 2. The van der Waals surface area contributed by atoms with Crippen LogP contribution in [0, 0.1) is 0 Å². The maximum Gasteiger partial charge on any atom is 0.106 e. The molecule has 0 aromatic rings. The van der Waals surface area contributed by atoms with Crippen LogP contribution in [0.15, 0.2) is 5.16 Å². The molecular formula is C6H13ClN2O2. The molecule has 0 aliphatic carbocycles. The second-order valence-corrected chi connectivity index (χ2v) is 2.30. The third-order valence-electron chi connectivity index (χ3n) is 1.52. The van der Waals surface area contributed by atoms with Crippen molar-refractivity contribution in [2.24, 2.45) is 5.16 Å². The molecule has 4 nitrogen and oxygen atoms in total. The van der Waals surface area contributed by atoms with Gasteiger partial charge < -0.3 is 15.3 Å². The highest BCUT2D eigenvalue weighted by atomic mass is 35.5. The lowest BCUT2D eigenvalue weighted by Crippen LogP contribution is -2.24. The molecule has 0 amide bonds. The van der Waals surface area contributed by atoms with E-state index in [0.29, 0.717) is 0 Å². The summed E-state index contributed by atoms with van der Waals surface area (Å²) in [6.07, 6.45) is 0.796. The molecule has 1 unspecified atom stereocenters. The van der Waals surface area contributed by atoms with Gasteiger partial charge in [-0.25, -0.2) is 0 Å². The topological polar surface area (TPSA) is 53.8 Å². The van der Waals surface area contributed by atoms with Crippen LogP contribution in [0.4, 0.5) is 0 Å². The molecule has 1 atom stereocenters. The Morgan fingerprint density at radius 3 is 3.00 bits per heavy atom. The van der Waals surface area contributed by atoms with E-state index >= 15 is 0 Å². The summed E-state index contributed by atoms with van der Waals surface area (Å²) < 4.78 is 0. The Labute approximate surface area is 72.0 Å². The van der Waals surface area contributed by atoms with Gasteiger partial charge in [-0.1, -0.05) is 5.16 Å². The summed E-state index contributed by atoms with van der Waals surface area (Å²) in [6, 6.07) is 0.175. The number of hydrogen-bond acceptors (Lipinski definition) is 4. The smallest absolute Gasteiger partial charge is 0.106 e. The Hall–Kier alpha value is -0.320. The number of nitrogens with one attached hydrogen (secondary N) is 1. The number of hydrogen-bond donors (Lipinski definition) is 2. The van der Waals surface area contributed by atoms with E-state index in [0.717, 1.165) is 18.7 Å². The fourth-order valence-corrected chi connectivity index (χ4v) is 1.02. The van der Waals surface area contributed by atoms with Crippen LogP contribution >= 0.6 is 12.4 Å². The van der Waals surface area contributed by atoms with E-state index in [2.05, 4.69) is 15.3 Å². The Bertz CT molecular complexity index is 141. The van der Waals surface area contributed by atoms with Crippen molar-refractivity contribution in [1.82, 2.24) is 5.32 Å². The molecule has 1 aliphatic rings. The normalized spacial score (nSPS) is 26.7. The minimum absolute atomic E-state index is 0. The summed E-state index contributed by atoms with van der Waals surface area (Å²) in [4.78, 5) is 4.58. The maximum absolute atomic E-state index is 8.69. The molecule has 1 rings (SSSR count). The lowest BCUT2D eigenvalue weighted by Gasteiger charge is -2.00. The predicted molar refractivity (Wildman–Crippen MR) is 45.2 cm³/mol. The Morgan fingerprint density at radius 1 is 1.82 bits per heavy atom. The van der Waals surface area contributed by atoms with Crippen LogP contribution in [0.25, 0.3) is 0 Å². The average Bonchev–Trinajstić information content (AvgIpc) is 2.37. The third-order valence-corrected chi connectivity index (χ3v) is 1.52. The van der Waals surface area contributed by atoms with Crippen molar-refractivity contribution in [1.29, 1.82) is 0 Å². The van der Waals surface area contributed by atoms with E-state index in [1.54, 1.807) is 0 Å². The van der Waals surface area contributed by atoms with Crippen molar-refractivity contribution in [2.45, 2.75) is 12.5 Å². The van der Waals surface area contributed by atoms with Crippen molar-refractivity contribution in [3.63, 3.8) is 0 Å². The van der Waals surface area contributed by atoms with E-state index in [-0.39, 0.29) is 25.1 Å². The molecular weight excluding hydrogens is 168 g/mol. The van der Waals surface area contributed by atoms with Crippen LogP contribution in [-0.4, -0.2) is 37.1 Å².